The monoisotopic (exact) mass is 444 g/mol. The van der Waals surface area contributed by atoms with Crippen molar-refractivity contribution in [2.24, 2.45) is 0 Å². The zero-order chi connectivity index (χ0) is 20.7. The van der Waals surface area contributed by atoms with E-state index in [1.807, 2.05) is 12.1 Å². The van der Waals surface area contributed by atoms with E-state index < -0.39 is 10.0 Å². The number of piperidine rings is 1. The first kappa shape index (κ1) is 19.5. The molecule has 1 aliphatic heterocycles. The maximum absolute atomic E-state index is 13.3. The number of hydrogen-bond acceptors (Lipinski definition) is 8. The number of hydrogen-bond donors (Lipinski definition) is 0. The lowest BCUT2D eigenvalue weighted by molar-refractivity contribution is 0.168. The minimum atomic E-state index is -3.64. The van der Waals surface area contributed by atoms with Gasteiger partial charge in [0.2, 0.25) is 10.0 Å². The summed E-state index contributed by atoms with van der Waals surface area (Å²) < 4.78 is 43.9. The number of nitrogens with zero attached hydrogens (tertiary/aromatic N) is 6. The van der Waals surface area contributed by atoms with Gasteiger partial charge in [0.25, 0.3) is 0 Å². The number of rotatable bonds is 5. The average molecular weight is 445 g/mol. The predicted octanol–water partition coefficient (Wildman–Crippen LogP) is 2.61. The first-order chi connectivity index (χ1) is 14.6. The fourth-order valence-corrected chi connectivity index (χ4v) is 6.28. The van der Waals surface area contributed by atoms with Crippen LogP contribution in [-0.4, -0.2) is 56.2 Å². The normalized spacial score (nSPS) is 16.6. The van der Waals surface area contributed by atoms with Gasteiger partial charge in [0.1, 0.15) is 33.9 Å². The quantitative estimate of drug-likeness (QED) is 0.466. The van der Waals surface area contributed by atoms with Crippen molar-refractivity contribution in [1.29, 1.82) is 0 Å². The molecule has 4 aromatic rings. The summed E-state index contributed by atoms with van der Waals surface area (Å²) in [7, 11) is -2.00. The Bertz CT molecular complexity index is 1310. The highest BCUT2D eigenvalue weighted by atomic mass is 32.2. The second-order valence-electron chi connectivity index (χ2n) is 7.20. The lowest BCUT2D eigenvalue weighted by atomic mass is 10.1. The molecule has 0 spiro atoms. The van der Waals surface area contributed by atoms with Gasteiger partial charge in [-0.25, -0.2) is 18.4 Å². The molecule has 0 amide bonds. The summed E-state index contributed by atoms with van der Waals surface area (Å²) in [6.07, 6.45) is 3.09. The first-order valence-corrected chi connectivity index (χ1v) is 11.8. The summed E-state index contributed by atoms with van der Waals surface area (Å²) in [5.74, 6) is 0.811. The zero-order valence-corrected chi connectivity index (χ0v) is 17.9. The minimum Gasteiger partial charge on any atom is -0.377 e. The van der Waals surface area contributed by atoms with Crippen LogP contribution in [0.3, 0.4) is 0 Å². The molecular formula is C19H20N6O3S2. The molecule has 0 N–H and O–H groups in total. The largest absolute Gasteiger partial charge is 0.377 e. The van der Waals surface area contributed by atoms with Crippen molar-refractivity contribution in [3.8, 4) is 0 Å². The lowest BCUT2D eigenvalue weighted by Gasteiger charge is -2.32. The van der Waals surface area contributed by atoms with Gasteiger partial charge in [0, 0.05) is 32.4 Å². The van der Waals surface area contributed by atoms with Gasteiger partial charge in [-0.05, 0) is 37.1 Å². The fourth-order valence-electron chi connectivity index (χ4n) is 4.06. The van der Waals surface area contributed by atoms with Crippen LogP contribution in [0.25, 0.3) is 22.2 Å². The van der Waals surface area contributed by atoms with E-state index in [4.69, 9.17) is 4.74 Å². The molecule has 11 heteroatoms. The van der Waals surface area contributed by atoms with E-state index in [1.165, 1.54) is 0 Å². The summed E-state index contributed by atoms with van der Waals surface area (Å²) in [5, 5.41) is 0. The number of imidazole rings is 1. The van der Waals surface area contributed by atoms with Gasteiger partial charge in [-0.1, -0.05) is 6.07 Å². The topological polar surface area (TPSA) is 103 Å². The molecule has 0 saturated carbocycles. The molecule has 30 heavy (non-hydrogen) atoms. The summed E-state index contributed by atoms with van der Waals surface area (Å²) in [6.45, 7) is 1.22. The van der Waals surface area contributed by atoms with Crippen LogP contribution < -0.4 is 0 Å². The van der Waals surface area contributed by atoms with Gasteiger partial charge >= 0.3 is 0 Å². The number of pyridine rings is 1. The zero-order valence-electron chi connectivity index (χ0n) is 16.3. The standard InChI is InChI=1S/C19H20N6O3S2/c1-28-12-17-21-15-5-3-9-20-19(15)25(17)13-7-10-24(11-8-13)30(26,27)16-6-2-4-14-18(16)23-29-22-14/h2-6,9,13H,7-8,10-12H2,1H3. The molecule has 156 valence electrons. The number of sulfonamides is 1. The molecule has 1 aliphatic rings. The molecule has 5 rings (SSSR count). The molecule has 3 aromatic heterocycles. The smallest absolute Gasteiger partial charge is 0.245 e. The Balaban J connectivity index is 1.43. The van der Waals surface area contributed by atoms with Gasteiger partial charge in [-0.2, -0.15) is 13.1 Å². The Kier molecular flexibility index (Phi) is 4.97. The number of methoxy groups -OCH3 is 1. The molecule has 0 bridgehead atoms. The third-order valence-electron chi connectivity index (χ3n) is 5.45. The first-order valence-electron chi connectivity index (χ1n) is 9.62. The van der Waals surface area contributed by atoms with Gasteiger partial charge in [-0.15, -0.1) is 0 Å². The van der Waals surface area contributed by atoms with E-state index in [-0.39, 0.29) is 10.9 Å². The summed E-state index contributed by atoms with van der Waals surface area (Å²) >= 11 is 1.02. The Morgan fingerprint density at radius 3 is 2.73 bits per heavy atom. The van der Waals surface area contributed by atoms with E-state index in [0.29, 0.717) is 43.6 Å². The molecule has 1 saturated heterocycles. The Morgan fingerprint density at radius 1 is 1.13 bits per heavy atom. The Morgan fingerprint density at radius 2 is 1.93 bits per heavy atom. The van der Waals surface area contributed by atoms with Crippen molar-refractivity contribution >= 4 is 43.9 Å². The molecule has 0 radical (unpaired) electrons. The average Bonchev–Trinajstić information content (AvgIpc) is 3.38. The summed E-state index contributed by atoms with van der Waals surface area (Å²) in [6, 6.07) is 9.00. The van der Waals surface area contributed by atoms with Gasteiger partial charge in [0.05, 0.1) is 11.7 Å². The summed E-state index contributed by atoms with van der Waals surface area (Å²) in [4.78, 5) is 9.38. The van der Waals surface area contributed by atoms with Crippen molar-refractivity contribution in [3.05, 3.63) is 42.4 Å². The van der Waals surface area contributed by atoms with E-state index in [9.17, 15) is 8.42 Å². The van der Waals surface area contributed by atoms with Crippen LogP contribution in [0.1, 0.15) is 24.7 Å². The molecule has 9 nitrogen and oxygen atoms in total. The molecule has 0 atom stereocenters. The van der Waals surface area contributed by atoms with Crippen molar-refractivity contribution in [2.45, 2.75) is 30.4 Å². The third-order valence-corrected chi connectivity index (χ3v) is 7.92. The highest BCUT2D eigenvalue weighted by Gasteiger charge is 2.33. The van der Waals surface area contributed by atoms with Crippen LogP contribution in [0.5, 0.6) is 0 Å². The van der Waals surface area contributed by atoms with Gasteiger partial charge < -0.3 is 9.30 Å². The van der Waals surface area contributed by atoms with Gasteiger partial charge in [0.15, 0.2) is 5.65 Å². The fraction of sp³-hybridized carbons (Fsp3) is 0.368. The Labute approximate surface area is 177 Å². The molecule has 4 heterocycles. The van der Waals surface area contributed by atoms with Crippen molar-refractivity contribution in [1.82, 2.24) is 27.6 Å². The number of ether oxygens (including phenoxy) is 1. The lowest BCUT2D eigenvalue weighted by Crippen LogP contribution is -2.39. The van der Waals surface area contributed by atoms with Crippen LogP contribution in [0.15, 0.2) is 41.4 Å². The van der Waals surface area contributed by atoms with E-state index in [1.54, 1.807) is 35.8 Å². The third kappa shape index (κ3) is 3.18. The molecule has 0 aliphatic carbocycles. The van der Waals surface area contributed by atoms with Crippen LogP contribution in [0, 0.1) is 0 Å². The highest BCUT2D eigenvalue weighted by molar-refractivity contribution is 7.89. The van der Waals surface area contributed by atoms with Crippen molar-refractivity contribution in [2.75, 3.05) is 20.2 Å². The van der Waals surface area contributed by atoms with E-state index in [0.717, 1.165) is 28.7 Å². The van der Waals surface area contributed by atoms with Crippen molar-refractivity contribution < 1.29 is 13.2 Å². The maximum Gasteiger partial charge on any atom is 0.245 e. The van der Waals surface area contributed by atoms with Crippen molar-refractivity contribution in [3.63, 3.8) is 0 Å². The van der Waals surface area contributed by atoms with Gasteiger partial charge in [-0.3, -0.25) is 0 Å². The molecule has 1 aromatic carbocycles. The Hall–Kier alpha value is -2.47. The van der Waals surface area contributed by atoms with Crippen LogP contribution in [-0.2, 0) is 21.4 Å². The molecular weight excluding hydrogens is 424 g/mol. The number of aromatic nitrogens is 5. The number of benzene rings is 1. The summed E-state index contributed by atoms with van der Waals surface area (Å²) in [5.41, 5.74) is 2.68. The molecule has 1 fully saturated rings. The second-order valence-corrected chi connectivity index (χ2v) is 9.64. The highest BCUT2D eigenvalue weighted by Crippen LogP contribution is 2.32. The van der Waals surface area contributed by atoms with E-state index >= 15 is 0 Å². The SMILES string of the molecule is COCc1nc2cccnc2n1C1CCN(S(=O)(=O)c2cccc3nsnc23)CC1. The maximum atomic E-state index is 13.3. The minimum absolute atomic E-state index is 0.109. The van der Waals surface area contributed by atoms with Crippen LogP contribution >= 0.6 is 11.7 Å². The second kappa shape index (κ2) is 7.65. The van der Waals surface area contributed by atoms with E-state index in [2.05, 4.69) is 23.3 Å². The number of fused-ring (bicyclic) bond motifs is 2. The van der Waals surface area contributed by atoms with Crippen LogP contribution in [0.4, 0.5) is 0 Å². The van der Waals surface area contributed by atoms with Crippen LogP contribution in [0.2, 0.25) is 0 Å². The molecule has 0 unspecified atom stereocenters. The predicted molar refractivity (Wildman–Crippen MR) is 113 cm³/mol.